The van der Waals surface area contributed by atoms with Gasteiger partial charge in [-0.15, -0.1) is 0 Å². The Balaban J connectivity index is 2.56. The minimum atomic E-state index is 0.113. The largest absolute Gasteiger partial charge is 0.494 e. The van der Waals surface area contributed by atoms with Gasteiger partial charge in [0.1, 0.15) is 5.75 Å². The molecule has 1 aromatic carbocycles. The number of ether oxygens (including phenoxy) is 1. The number of hydrogen-bond acceptors (Lipinski definition) is 2. The van der Waals surface area contributed by atoms with E-state index < -0.39 is 0 Å². The van der Waals surface area contributed by atoms with Crippen molar-refractivity contribution in [2.75, 3.05) is 6.61 Å². The van der Waals surface area contributed by atoms with Gasteiger partial charge in [-0.1, -0.05) is 33.6 Å². The zero-order valence-electron chi connectivity index (χ0n) is 11.7. The van der Waals surface area contributed by atoms with Crippen molar-refractivity contribution in [3.05, 3.63) is 29.8 Å². The quantitative estimate of drug-likeness (QED) is 0.500. The van der Waals surface area contributed by atoms with Crippen molar-refractivity contribution in [1.82, 2.24) is 0 Å². The SMILES string of the molecule is CCCCOc1ccc(C(=O)C(C)CCC)cc1. The molecule has 0 amide bonds. The molecule has 0 N–H and O–H groups in total. The Bertz CT molecular complexity index is 354. The highest BCUT2D eigenvalue weighted by molar-refractivity contribution is 5.97. The monoisotopic (exact) mass is 248 g/mol. The first-order valence-corrected chi connectivity index (χ1v) is 6.96. The van der Waals surface area contributed by atoms with Crippen molar-refractivity contribution in [3.8, 4) is 5.75 Å². The van der Waals surface area contributed by atoms with E-state index in [2.05, 4.69) is 13.8 Å². The van der Waals surface area contributed by atoms with Crippen LogP contribution in [0.2, 0.25) is 0 Å². The predicted molar refractivity (Wildman–Crippen MR) is 75.2 cm³/mol. The van der Waals surface area contributed by atoms with Crippen LogP contribution in [0.4, 0.5) is 0 Å². The number of carbonyl (C=O) groups excluding carboxylic acids is 1. The molecule has 1 aromatic rings. The second kappa shape index (κ2) is 7.91. The topological polar surface area (TPSA) is 26.3 Å². The van der Waals surface area contributed by atoms with Gasteiger partial charge in [-0.2, -0.15) is 0 Å². The Hall–Kier alpha value is -1.31. The fourth-order valence-corrected chi connectivity index (χ4v) is 1.90. The van der Waals surface area contributed by atoms with Crippen molar-refractivity contribution >= 4 is 5.78 Å². The summed E-state index contributed by atoms with van der Waals surface area (Å²) in [6.07, 6.45) is 4.19. The maximum Gasteiger partial charge on any atom is 0.165 e. The van der Waals surface area contributed by atoms with Crippen molar-refractivity contribution in [1.29, 1.82) is 0 Å². The molecule has 0 spiro atoms. The lowest BCUT2D eigenvalue weighted by Crippen LogP contribution is -2.10. The molecule has 0 saturated heterocycles. The van der Waals surface area contributed by atoms with Crippen LogP contribution < -0.4 is 4.74 Å². The molecule has 1 rings (SSSR count). The summed E-state index contributed by atoms with van der Waals surface area (Å²) < 4.78 is 5.58. The first kappa shape index (κ1) is 14.7. The molecule has 0 bridgehead atoms. The second-order valence-corrected chi connectivity index (χ2v) is 4.78. The summed E-state index contributed by atoms with van der Waals surface area (Å²) in [5.41, 5.74) is 0.791. The highest BCUT2D eigenvalue weighted by Gasteiger charge is 2.13. The van der Waals surface area contributed by atoms with Gasteiger partial charge in [0.05, 0.1) is 6.61 Å². The van der Waals surface area contributed by atoms with Crippen LogP contribution in [-0.4, -0.2) is 12.4 Å². The molecule has 0 aliphatic carbocycles. The Morgan fingerprint density at radius 2 is 1.83 bits per heavy atom. The maximum atomic E-state index is 12.1. The van der Waals surface area contributed by atoms with E-state index in [1.165, 1.54) is 0 Å². The highest BCUT2D eigenvalue weighted by atomic mass is 16.5. The zero-order valence-corrected chi connectivity index (χ0v) is 11.7. The predicted octanol–water partition coefficient (Wildman–Crippen LogP) is 4.48. The lowest BCUT2D eigenvalue weighted by Gasteiger charge is -2.10. The lowest BCUT2D eigenvalue weighted by molar-refractivity contribution is 0.0923. The molecule has 18 heavy (non-hydrogen) atoms. The minimum absolute atomic E-state index is 0.113. The maximum absolute atomic E-state index is 12.1. The van der Waals surface area contributed by atoms with E-state index in [1.807, 2.05) is 31.2 Å². The normalized spacial score (nSPS) is 12.2. The van der Waals surface area contributed by atoms with Crippen molar-refractivity contribution in [2.45, 2.75) is 46.5 Å². The number of unbranched alkanes of at least 4 members (excludes halogenated alkanes) is 1. The molecule has 0 aliphatic heterocycles. The van der Waals surface area contributed by atoms with Gasteiger partial charge in [0, 0.05) is 11.5 Å². The van der Waals surface area contributed by atoms with Crippen LogP contribution in [0, 0.1) is 5.92 Å². The van der Waals surface area contributed by atoms with Crippen LogP contribution in [0.15, 0.2) is 24.3 Å². The summed E-state index contributed by atoms with van der Waals surface area (Å²) in [6, 6.07) is 7.52. The fourth-order valence-electron chi connectivity index (χ4n) is 1.90. The van der Waals surface area contributed by atoms with E-state index in [4.69, 9.17) is 4.74 Å². The molecule has 2 heteroatoms. The van der Waals surface area contributed by atoms with Crippen molar-refractivity contribution in [2.24, 2.45) is 5.92 Å². The Labute approximate surface area is 110 Å². The van der Waals surface area contributed by atoms with Crippen molar-refractivity contribution < 1.29 is 9.53 Å². The molecular weight excluding hydrogens is 224 g/mol. The van der Waals surface area contributed by atoms with E-state index in [0.717, 1.165) is 43.6 Å². The molecule has 0 heterocycles. The fraction of sp³-hybridized carbons (Fsp3) is 0.562. The van der Waals surface area contributed by atoms with E-state index >= 15 is 0 Å². The van der Waals surface area contributed by atoms with Gasteiger partial charge < -0.3 is 4.74 Å². The number of benzene rings is 1. The van der Waals surface area contributed by atoms with Gasteiger partial charge >= 0.3 is 0 Å². The number of rotatable bonds is 8. The van der Waals surface area contributed by atoms with Crippen molar-refractivity contribution in [3.63, 3.8) is 0 Å². The molecule has 1 atom stereocenters. The van der Waals surface area contributed by atoms with Gasteiger partial charge in [-0.05, 0) is 37.1 Å². The molecule has 0 radical (unpaired) electrons. The number of hydrogen-bond donors (Lipinski definition) is 0. The molecule has 2 nitrogen and oxygen atoms in total. The lowest BCUT2D eigenvalue weighted by atomic mass is 9.95. The third kappa shape index (κ3) is 4.52. The molecule has 1 unspecified atom stereocenters. The van der Waals surface area contributed by atoms with Gasteiger partial charge in [0.25, 0.3) is 0 Å². The average molecular weight is 248 g/mol. The summed E-state index contributed by atoms with van der Waals surface area (Å²) in [7, 11) is 0. The Morgan fingerprint density at radius 1 is 1.17 bits per heavy atom. The summed E-state index contributed by atoms with van der Waals surface area (Å²) in [6.45, 7) is 6.99. The summed E-state index contributed by atoms with van der Waals surface area (Å²) in [5, 5.41) is 0. The van der Waals surface area contributed by atoms with E-state index in [0.29, 0.717) is 0 Å². The van der Waals surface area contributed by atoms with Crippen LogP contribution >= 0.6 is 0 Å². The van der Waals surface area contributed by atoms with Gasteiger partial charge in [0.2, 0.25) is 0 Å². The average Bonchev–Trinajstić information content (AvgIpc) is 2.39. The number of carbonyl (C=O) groups is 1. The molecule has 100 valence electrons. The standard InChI is InChI=1S/C16H24O2/c1-4-6-12-18-15-10-8-14(9-11-15)16(17)13(3)7-5-2/h8-11,13H,4-7,12H2,1-3H3. The van der Waals surface area contributed by atoms with Crippen LogP contribution in [-0.2, 0) is 0 Å². The zero-order chi connectivity index (χ0) is 13.4. The third-order valence-electron chi connectivity index (χ3n) is 3.07. The Kier molecular flexibility index (Phi) is 6.48. The molecule has 0 aliphatic rings. The van der Waals surface area contributed by atoms with Crippen LogP contribution in [0.5, 0.6) is 5.75 Å². The van der Waals surface area contributed by atoms with Crippen LogP contribution in [0.3, 0.4) is 0 Å². The summed E-state index contributed by atoms with van der Waals surface area (Å²) in [5.74, 6) is 1.20. The smallest absolute Gasteiger partial charge is 0.165 e. The number of ketones is 1. The van der Waals surface area contributed by atoms with Gasteiger partial charge in [0.15, 0.2) is 5.78 Å². The van der Waals surface area contributed by atoms with Gasteiger partial charge in [-0.25, -0.2) is 0 Å². The van der Waals surface area contributed by atoms with Crippen LogP contribution in [0.1, 0.15) is 56.8 Å². The van der Waals surface area contributed by atoms with E-state index in [9.17, 15) is 4.79 Å². The minimum Gasteiger partial charge on any atom is -0.494 e. The molecule has 0 aromatic heterocycles. The molecule has 0 saturated carbocycles. The summed E-state index contributed by atoms with van der Waals surface area (Å²) >= 11 is 0. The highest BCUT2D eigenvalue weighted by Crippen LogP contribution is 2.17. The van der Waals surface area contributed by atoms with E-state index in [-0.39, 0.29) is 11.7 Å². The first-order chi connectivity index (χ1) is 8.69. The third-order valence-corrected chi connectivity index (χ3v) is 3.07. The summed E-state index contributed by atoms with van der Waals surface area (Å²) in [4.78, 5) is 12.1. The molecular formula is C16H24O2. The molecule has 0 fully saturated rings. The number of Topliss-reactive ketones (excluding diaryl/α,β-unsaturated/α-hetero) is 1. The second-order valence-electron chi connectivity index (χ2n) is 4.78. The first-order valence-electron chi connectivity index (χ1n) is 6.96. The van der Waals surface area contributed by atoms with E-state index in [1.54, 1.807) is 0 Å². The van der Waals surface area contributed by atoms with Crippen LogP contribution in [0.25, 0.3) is 0 Å². The Morgan fingerprint density at radius 3 is 2.39 bits per heavy atom. The van der Waals surface area contributed by atoms with Gasteiger partial charge in [-0.3, -0.25) is 4.79 Å².